The van der Waals surface area contributed by atoms with Crippen LogP contribution in [0.2, 0.25) is 0 Å². The van der Waals surface area contributed by atoms with E-state index in [-0.39, 0.29) is 17.4 Å². The summed E-state index contributed by atoms with van der Waals surface area (Å²) >= 11 is 1.66. The van der Waals surface area contributed by atoms with E-state index in [1.807, 2.05) is 12.3 Å². The van der Waals surface area contributed by atoms with Crippen molar-refractivity contribution < 1.29 is 14.3 Å². The van der Waals surface area contributed by atoms with Crippen LogP contribution in [0, 0.1) is 5.92 Å². The van der Waals surface area contributed by atoms with E-state index in [1.54, 1.807) is 30.0 Å². The van der Waals surface area contributed by atoms with Crippen molar-refractivity contribution in [3.05, 3.63) is 29.8 Å². The number of likely N-dealkylation sites (tertiary alicyclic amines) is 1. The first-order chi connectivity index (χ1) is 14.3. The van der Waals surface area contributed by atoms with Crippen LogP contribution in [0.1, 0.15) is 50.4 Å². The first kappa shape index (κ1) is 24.5. The van der Waals surface area contributed by atoms with Crippen LogP contribution in [-0.2, 0) is 4.79 Å². The summed E-state index contributed by atoms with van der Waals surface area (Å²) in [6, 6.07) is 6.48. The minimum Gasteiger partial charge on any atom is -0.496 e. The molecule has 0 aromatic heterocycles. The second-order valence-corrected chi connectivity index (χ2v) is 9.72. The number of rotatable bonds is 10. The Kier molecular flexibility index (Phi) is 9.49. The zero-order valence-corrected chi connectivity index (χ0v) is 19.8. The molecule has 1 heterocycles. The van der Waals surface area contributed by atoms with Gasteiger partial charge in [0.25, 0.3) is 5.91 Å². The predicted molar refractivity (Wildman–Crippen MR) is 124 cm³/mol. The molecule has 2 atom stereocenters. The molecule has 2 N–H and O–H groups in total. The molecule has 0 aliphatic carbocycles. The summed E-state index contributed by atoms with van der Waals surface area (Å²) < 4.78 is 5.29. The van der Waals surface area contributed by atoms with E-state index >= 15 is 0 Å². The minimum atomic E-state index is -0.578. The van der Waals surface area contributed by atoms with Gasteiger partial charge < -0.3 is 15.4 Å². The summed E-state index contributed by atoms with van der Waals surface area (Å²) in [7, 11) is 1.54. The summed E-state index contributed by atoms with van der Waals surface area (Å²) in [5, 5.41) is 6.00. The Labute approximate surface area is 185 Å². The van der Waals surface area contributed by atoms with Gasteiger partial charge in [0, 0.05) is 18.6 Å². The molecule has 0 spiro atoms. The van der Waals surface area contributed by atoms with Crippen molar-refractivity contribution in [2.75, 3.05) is 38.8 Å². The van der Waals surface area contributed by atoms with Crippen molar-refractivity contribution in [3.63, 3.8) is 0 Å². The number of methoxy groups -OCH3 is 1. The molecule has 1 aliphatic rings. The van der Waals surface area contributed by atoms with E-state index in [4.69, 9.17) is 4.74 Å². The lowest BCUT2D eigenvalue weighted by atomic mass is 9.93. The number of benzene rings is 1. The highest BCUT2D eigenvalue weighted by molar-refractivity contribution is 7.98. The normalized spacial score (nSPS) is 18.5. The van der Waals surface area contributed by atoms with Crippen molar-refractivity contribution in [2.45, 2.75) is 51.6 Å². The number of carbonyl (C=O) groups is 2. The molecule has 30 heavy (non-hydrogen) atoms. The average molecular weight is 436 g/mol. The molecule has 6 nitrogen and oxygen atoms in total. The fraction of sp³-hybridized carbons (Fsp3) is 0.652. The number of para-hydroxylation sites is 1. The molecule has 1 fully saturated rings. The summed E-state index contributed by atoms with van der Waals surface area (Å²) in [6.07, 6.45) is 5.04. The Morgan fingerprint density at radius 3 is 2.73 bits per heavy atom. The SMILES string of the molecule is COc1ccccc1C(=O)NC(CCSC)C(=O)NCC(C)(C)N1CCCC(C)C1. The fourth-order valence-corrected chi connectivity index (χ4v) is 4.32. The van der Waals surface area contributed by atoms with Gasteiger partial charge in [-0.2, -0.15) is 11.8 Å². The molecule has 1 aromatic rings. The Hall–Kier alpha value is -1.73. The quantitative estimate of drug-likeness (QED) is 0.591. The lowest BCUT2D eigenvalue weighted by molar-refractivity contribution is -0.123. The Bertz CT molecular complexity index is 711. The molecule has 168 valence electrons. The zero-order valence-electron chi connectivity index (χ0n) is 19.0. The minimum absolute atomic E-state index is 0.124. The zero-order chi connectivity index (χ0) is 22.1. The predicted octanol–water partition coefficient (Wildman–Crippen LogP) is 3.17. The average Bonchev–Trinajstić information content (AvgIpc) is 2.74. The van der Waals surface area contributed by atoms with Crippen LogP contribution < -0.4 is 15.4 Å². The van der Waals surface area contributed by atoms with Crippen molar-refractivity contribution in [1.82, 2.24) is 15.5 Å². The van der Waals surface area contributed by atoms with Crippen LogP contribution in [0.15, 0.2) is 24.3 Å². The molecule has 2 amide bonds. The van der Waals surface area contributed by atoms with E-state index in [0.29, 0.717) is 30.2 Å². The van der Waals surface area contributed by atoms with Crippen molar-refractivity contribution in [1.29, 1.82) is 0 Å². The third kappa shape index (κ3) is 6.91. The summed E-state index contributed by atoms with van der Waals surface area (Å²) in [5.74, 6) is 1.54. The van der Waals surface area contributed by atoms with E-state index in [1.165, 1.54) is 20.0 Å². The smallest absolute Gasteiger partial charge is 0.255 e. The van der Waals surface area contributed by atoms with Gasteiger partial charge in [-0.05, 0) is 69.7 Å². The van der Waals surface area contributed by atoms with Crippen LogP contribution in [0.3, 0.4) is 0 Å². The second-order valence-electron chi connectivity index (χ2n) is 8.73. The molecule has 0 saturated carbocycles. The Morgan fingerprint density at radius 1 is 1.33 bits per heavy atom. The number of nitrogens with zero attached hydrogens (tertiary/aromatic N) is 1. The summed E-state index contributed by atoms with van der Waals surface area (Å²) in [6.45, 7) is 9.31. The van der Waals surface area contributed by atoms with Gasteiger partial charge in [0.2, 0.25) is 5.91 Å². The van der Waals surface area contributed by atoms with Gasteiger partial charge in [0.1, 0.15) is 11.8 Å². The summed E-state index contributed by atoms with van der Waals surface area (Å²) in [4.78, 5) is 28.2. The Morgan fingerprint density at radius 2 is 2.07 bits per heavy atom. The molecule has 7 heteroatoms. The number of amides is 2. The highest BCUT2D eigenvalue weighted by Crippen LogP contribution is 2.23. The maximum Gasteiger partial charge on any atom is 0.255 e. The largest absolute Gasteiger partial charge is 0.496 e. The van der Waals surface area contributed by atoms with Gasteiger partial charge in [0.05, 0.1) is 12.7 Å². The van der Waals surface area contributed by atoms with Gasteiger partial charge >= 0.3 is 0 Å². The monoisotopic (exact) mass is 435 g/mol. The molecule has 0 radical (unpaired) electrons. The number of hydrogen-bond donors (Lipinski definition) is 2. The van der Waals surface area contributed by atoms with Gasteiger partial charge in [-0.25, -0.2) is 0 Å². The summed E-state index contributed by atoms with van der Waals surface area (Å²) in [5.41, 5.74) is 0.311. The molecule has 1 saturated heterocycles. The Balaban J connectivity index is 2.01. The third-order valence-electron chi connectivity index (χ3n) is 5.79. The van der Waals surface area contributed by atoms with Gasteiger partial charge in [0.15, 0.2) is 0 Å². The molecular weight excluding hydrogens is 398 g/mol. The molecule has 2 rings (SSSR count). The molecule has 2 unspecified atom stereocenters. The lowest BCUT2D eigenvalue weighted by Gasteiger charge is -2.43. The van der Waals surface area contributed by atoms with E-state index in [9.17, 15) is 9.59 Å². The highest BCUT2D eigenvalue weighted by Gasteiger charge is 2.31. The number of thioether (sulfide) groups is 1. The van der Waals surface area contributed by atoms with E-state index in [0.717, 1.165) is 18.8 Å². The van der Waals surface area contributed by atoms with E-state index < -0.39 is 6.04 Å². The van der Waals surface area contributed by atoms with Crippen LogP contribution in [0.5, 0.6) is 5.75 Å². The fourth-order valence-electron chi connectivity index (χ4n) is 3.85. The molecular formula is C23H37N3O3S. The van der Waals surface area contributed by atoms with Crippen LogP contribution in [-0.4, -0.2) is 67.0 Å². The maximum absolute atomic E-state index is 13.0. The lowest BCUT2D eigenvalue weighted by Crippen LogP contribution is -2.57. The third-order valence-corrected chi connectivity index (χ3v) is 6.44. The number of ether oxygens (including phenoxy) is 1. The van der Waals surface area contributed by atoms with Crippen LogP contribution in [0.4, 0.5) is 0 Å². The highest BCUT2D eigenvalue weighted by atomic mass is 32.2. The van der Waals surface area contributed by atoms with Gasteiger partial charge in [-0.1, -0.05) is 19.1 Å². The number of nitrogens with one attached hydrogen (secondary N) is 2. The van der Waals surface area contributed by atoms with E-state index in [2.05, 4.69) is 36.3 Å². The first-order valence-corrected chi connectivity index (χ1v) is 12.1. The van der Waals surface area contributed by atoms with Crippen molar-refractivity contribution in [2.24, 2.45) is 5.92 Å². The second kappa shape index (κ2) is 11.6. The van der Waals surface area contributed by atoms with Crippen LogP contribution >= 0.6 is 11.8 Å². The molecule has 0 bridgehead atoms. The first-order valence-electron chi connectivity index (χ1n) is 10.7. The van der Waals surface area contributed by atoms with Gasteiger partial charge in [-0.15, -0.1) is 0 Å². The van der Waals surface area contributed by atoms with Crippen molar-refractivity contribution in [3.8, 4) is 5.75 Å². The maximum atomic E-state index is 13.0. The van der Waals surface area contributed by atoms with Crippen molar-refractivity contribution >= 4 is 23.6 Å². The topological polar surface area (TPSA) is 70.7 Å². The van der Waals surface area contributed by atoms with Crippen LogP contribution in [0.25, 0.3) is 0 Å². The standard InChI is InChI=1S/C23H37N3O3S/c1-17-9-8-13-26(15-17)23(2,3)16-24-22(28)19(12-14-30-5)25-21(27)18-10-6-7-11-20(18)29-4/h6-7,10-11,17,19H,8-9,12-16H2,1-5H3,(H,24,28)(H,25,27). The molecule has 1 aromatic carbocycles. The van der Waals surface area contributed by atoms with Gasteiger partial charge in [-0.3, -0.25) is 14.5 Å². The number of hydrogen-bond acceptors (Lipinski definition) is 5. The number of piperidine rings is 1. The number of carbonyl (C=O) groups excluding carboxylic acids is 2. The molecule has 1 aliphatic heterocycles.